The largest absolute Gasteiger partial charge is 0.332 e. The zero-order valence-corrected chi connectivity index (χ0v) is 16.7. The number of rotatable bonds is 4. The molecule has 28 heavy (non-hydrogen) atoms. The molecule has 1 atom stereocenters. The molecule has 6 heteroatoms. The van der Waals surface area contributed by atoms with Crippen molar-refractivity contribution in [1.82, 2.24) is 5.32 Å². The summed E-state index contributed by atoms with van der Waals surface area (Å²) >= 11 is 11.0. The minimum absolute atomic E-state index is 0.167. The van der Waals surface area contributed by atoms with Crippen molar-refractivity contribution in [3.05, 3.63) is 89.2 Å². The number of carbonyl (C=O) groups is 1. The Hall–Kier alpha value is -2.76. The van der Waals surface area contributed by atoms with Gasteiger partial charge in [-0.1, -0.05) is 54.1 Å². The molecular weight excluding hydrogens is 395 g/mol. The molecule has 1 unspecified atom stereocenters. The van der Waals surface area contributed by atoms with Crippen LogP contribution >= 0.6 is 23.8 Å². The van der Waals surface area contributed by atoms with E-state index < -0.39 is 5.92 Å². The molecule has 0 heterocycles. The predicted molar refractivity (Wildman–Crippen MR) is 116 cm³/mol. The number of benzene rings is 3. The van der Waals surface area contributed by atoms with Crippen LogP contribution in [-0.4, -0.2) is 11.0 Å². The van der Waals surface area contributed by atoms with Crippen molar-refractivity contribution in [1.29, 1.82) is 0 Å². The van der Waals surface area contributed by atoms with E-state index in [-0.39, 0.29) is 16.8 Å². The van der Waals surface area contributed by atoms with E-state index >= 15 is 0 Å². The Kier molecular flexibility index (Phi) is 6.39. The Bertz CT molecular complexity index is 993. The first-order chi connectivity index (χ1) is 13.4. The van der Waals surface area contributed by atoms with Crippen molar-refractivity contribution in [3.8, 4) is 11.1 Å². The van der Waals surface area contributed by atoms with Crippen LogP contribution in [0.2, 0.25) is 5.02 Å². The standard InChI is InChI=1S/C22H18ClFN2OS/c1-14(21(27)26-22(28)25-18-10-8-17(23)9-11-18)16-7-12-19(20(24)13-16)15-5-3-2-4-6-15/h2-14H,1H3,(H2,25,26,27,28). The Morgan fingerprint density at radius 3 is 2.36 bits per heavy atom. The van der Waals surface area contributed by atoms with Crippen molar-refractivity contribution in [2.45, 2.75) is 12.8 Å². The van der Waals surface area contributed by atoms with Crippen LogP contribution in [0.25, 0.3) is 11.1 Å². The van der Waals surface area contributed by atoms with Crippen LogP contribution in [0.1, 0.15) is 18.4 Å². The molecule has 3 rings (SSSR count). The lowest BCUT2D eigenvalue weighted by atomic mass is 9.96. The minimum atomic E-state index is -0.565. The van der Waals surface area contributed by atoms with Crippen LogP contribution < -0.4 is 10.6 Å². The van der Waals surface area contributed by atoms with Gasteiger partial charge in [0.1, 0.15) is 5.82 Å². The summed E-state index contributed by atoms with van der Waals surface area (Å²) in [5.41, 5.74) is 2.57. The Labute approximate surface area is 173 Å². The van der Waals surface area contributed by atoms with E-state index in [0.29, 0.717) is 21.8 Å². The molecule has 0 aliphatic heterocycles. The maximum Gasteiger partial charge on any atom is 0.233 e. The molecule has 0 fully saturated rings. The number of thiocarbonyl (C=S) groups is 1. The average molecular weight is 413 g/mol. The Balaban J connectivity index is 1.66. The van der Waals surface area contributed by atoms with Crippen molar-refractivity contribution < 1.29 is 9.18 Å². The topological polar surface area (TPSA) is 41.1 Å². The van der Waals surface area contributed by atoms with Crippen LogP contribution in [-0.2, 0) is 4.79 Å². The molecular formula is C22H18ClFN2OS. The van der Waals surface area contributed by atoms with Crippen LogP contribution in [0, 0.1) is 5.82 Å². The number of hydrogen-bond donors (Lipinski definition) is 2. The SMILES string of the molecule is CC(C(=O)NC(=S)Nc1ccc(Cl)cc1)c1ccc(-c2ccccc2)c(F)c1. The molecule has 0 radical (unpaired) electrons. The molecule has 1 amide bonds. The van der Waals surface area contributed by atoms with E-state index in [2.05, 4.69) is 10.6 Å². The third-order valence-corrected chi connectivity index (χ3v) is 4.77. The van der Waals surface area contributed by atoms with Gasteiger partial charge in [-0.2, -0.15) is 0 Å². The summed E-state index contributed by atoms with van der Waals surface area (Å²) in [4.78, 5) is 12.5. The molecule has 3 aromatic carbocycles. The fourth-order valence-corrected chi connectivity index (χ4v) is 3.06. The smallest absolute Gasteiger partial charge is 0.233 e. The van der Waals surface area contributed by atoms with Crippen LogP contribution in [0.15, 0.2) is 72.8 Å². The fraction of sp³-hybridized carbons (Fsp3) is 0.0909. The Morgan fingerprint density at radius 1 is 1.04 bits per heavy atom. The monoisotopic (exact) mass is 412 g/mol. The molecule has 3 aromatic rings. The molecule has 2 N–H and O–H groups in total. The molecule has 142 valence electrons. The number of carbonyl (C=O) groups excluding carboxylic acids is 1. The minimum Gasteiger partial charge on any atom is -0.332 e. The molecule has 0 aliphatic rings. The summed E-state index contributed by atoms with van der Waals surface area (Å²) in [6, 6.07) is 21.0. The van der Waals surface area contributed by atoms with Gasteiger partial charge in [0.15, 0.2) is 5.11 Å². The number of amides is 1. The average Bonchev–Trinajstić information content (AvgIpc) is 2.69. The van der Waals surface area contributed by atoms with Gasteiger partial charge in [0.2, 0.25) is 5.91 Å². The number of anilines is 1. The van der Waals surface area contributed by atoms with Gasteiger partial charge in [0.25, 0.3) is 0 Å². The summed E-state index contributed by atoms with van der Waals surface area (Å²) in [6.45, 7) is 1.71. The molecule has 0 spiro atoms. The maximum atomic E-state index is 14.6. The summed E-state index contributed by atoms with van der Waals surface area (Å²) in [5.74, 6) is -1.26. The normalized spacial score (nSPS) is 11.5. The lowest BCUT2D eigenvalue weighted by Gasteiger charge is -2.15. The van der Waals surface area contributed by atoms with E-state index in [1.54, 1.807) is 43.3 Å². The van der Waals surface area contributed by atoms with E-state index in [4.69, 9.17) is 23.8 Å². The highest BCUT2D eigenvalue weighted by Gasteiger charge is 2.18. The number of nitrogens with one attached hydrogen (secondary N) is 2. The second-order valence-electron chi connectivity index (χ2n) is 6.28. The molecule has 0 saturated heterocycles. The molecule has 3 nitrogen and oxygen atoms in total. The predicted octanol–water partition coefficient (Wildman–Crippen LogP) is 5.76. The van der Waals surface area contributed by atoms with Crippen LogP contribution in [0.4, 0.5) is 10.1 Å². The van der Waals surface area contributed by atoms with Gasteiger partial charge < -0.3 is 10.6 Å². The van der Waals surface area contributed by atoms with Crippen LogP contribution in [0.5, 0.6) is 0 Å². The van der Waals surface area contributed by atoms with Crippen molar-refractivity contribution in [3.63, 3.8) is 0 Å². The number of hydrogen-bond acceptors (Lipinski definition) is 2. The van der Waals surface area contributed by atoms with Crippen molar-refractivity contribution >= 4 is 40.5 Å². The van der Waals surface area contributed by atoms with Gasteiger partial charge in [-0.25, -0.2) is 4.39 Å². The summed E-state index contributed by atoms with van der Waals surface area (Å²) in [5, 5.41) is 6.32. The van der Waals surface area contributed by atoms with Gasteiger partial charge in [0.05, 0.1) is 5.92 Å². The van der Waals surface area contributed by atoms with Crippen molar-refractivity contribution in [2.24, 2.45) is 0 Å². The first-order valence-corrected chi connectivity index (χ1v) is 9.45. The summed E-state index contributed by atoms with van der Waals surface area (Å²) in [7, 11) is 0. The fourth-order valence-electron chi connectivity index (χ4n) is 2.72. The van der Waals surface area contributed by atoms with Crippen molar-refractivity contribution in [2.75, 3.05) is 5.32 Å². The summed E-state index contributed by atoms with van der Waals surface area (Å²) in [6.07, 6.45) is 0. The number of halogens is 2. The maximum absolute atomic E-state index is 14.6. The third-order valence-electron chi connectivity index (χ3n) is 4.31. The molecule has 0 bridgehead atoms. The third kappa shape index (κ3) is 4.94. The first-order valence-electron chi connectivity index (χ1n) is 8.66. The van der Waals surface area contributed by atoms with Gasteiger partial charge >= 0.3 is 0 Å². The highest BCUT2D eigenvalue weighted by atomic mass is 35.5. The van der Waals surface area contributed by atoms with E-state index in [9.17, 15) is 9.18 Å². The van der Waals surface area contributed by atoms with E-state index in [0.717, 1.165) is 5.56 Å². The highest BCUT2D eigenvalue weighted by Crippen LogP contribution is 2.26. The lowest BCUT2D eigenvalue weighted by molar-refractivity contribution is -0.120. The second kappa shape index (κ2) is 8.95. The van der Waals surface area contributed by atoms with E-state index in [1.165, 1.54) is 6.07 Å². The highest BCUT2D eigenvalue weighted by molar-refractivity contribution is 7.80. The zero-order chi connectivity index (χ0) is 20.1. The first kappa shape index (κ1) is 20.0. The van der Waals surface area contributed by atoms with Gasteiger partial charge in [-0.15, -0.1) is 0 Å². The summed E-state index contributed by atoms with van der Waals surface area (Å²) < 4.78 is 14.6. The lowest BCUT2D eigenvalue weighted by Crippen LogP contribution is -2.36. The second-order valence-corrected chi connectivity index (χ2v) is 7.12. The van der Waals surface area contributed by atoms with E-state index in [1.807, 2.05) is 30.3 Å². The van der Waals surface area contributed by atoms with Gasteiger partial charge in [-0.3, -0.25) is 4.79 Å². The van der Waals surface area contributed by atoms with Crippen LogP contribution in [0.3, 0.4) is 0 Å². The molecule has 0 saturated carbocycles. The van der Waals surface area contributed by atoms with Gasteiger partial charge in [-0.05, 0) is 60.6 Å². The Morgan fingerprint density at radius 2 is 1.71 bits per heavy atom. The van der Waals surface area contributed by atoms with Gasteiger partial charge in [0, 0.05) is 16.3 Å². The molecule has 0 aromatic heterocycles. The zero-order valence-electron chi connectivity index (χ0n) is 15.1. The quantitative estimate of drug-likeness (QED) is 0.535. The molecule has 0 aliphatic carbocycles.